The minimum Gasteiger partial charge on any atom is -0.493 e. The van der Waals surface area contributed by atoms with Crippen molar-refractivity contribution in [3.8, 4) is 5.75 Å². The molecule has 1 aliphatic heterocycles. The summed E-state index contributed by atoms with van der Waals surface area (Å²) in [4.78, 5) is 6.42. The number of hydrogen-bond acceptors (Lipinski definition) is 4. The van der Waals surface area contributed by atoms with Crippen LogP contribution in [0.15, 0.2) is 36.9 Å². The van der Waals surface area contributed by atoms with E-state index in [2.05, 4.69) is 14.5 Å². The van der Waals surface area contributed by atoms with Crippen molar-refractivity contribution in [3.63, 3.8) is 0 Å². The largest absolute Gasteiger partial charge is 0.493 e. The van der Waals surface area contributed by atoms with E-state index in [1.54, 1.807) is 6.20 Å². The Hall–Kier alpha value is -1.56. The highest BCUT2D eigenvalue weighted by Gasteiger charge is 2.16. The summed E-state index contributed by atoms with van der Waals surface area (Å²) >= 11 is 6.19. The van der Waals surface area contributed by atoms with Crippen molar-refractivity contribution in [1.29, 1.82) is 0 Å². The highest BCUT2D eigenvalue weighted by Crippen LogP contribution is 2.25. The second-order valence-electron chi connectivity index (χ2n) is 6.62. The van der Waals surface area contributed by atoms with Crippen LogP contribution in [-0.2, 0) is 13.1 Å². The van der Waals surface area contributed by atoms with Crippen molar-refractivity contribution in [1.82, 2.24) is 14.5 Å². The first-order valence-electron chi connectivity index (χ1n) is 8.98. The zero-order valence-electron chi connectivity index (χ0n) is 14.5. The van der Waals surface area contributed by atoms with Crippen molar-refractivity contribution >= 4 is 11.6 Å². The van der Waals surface area contributed by atoms with Gasteiger partial charge >= 0.3 is 0 Å². The van der Waals surface area contributed by atoms with E-state index in [0.717, 1.165) is 68.2 Å². The molecule has 1 aromatic heterocycles. The van der Waals surface area contributed by atoms with Crippen molar-refractivity contribution < 1.29 is 9.84 Å². The first kappa shape index (κ1) is 18.2. The first-order valence-corrected chi connectivity index (χ1v) is 9.36. The van der Waals surface area contributed by atoms with E-state index in [1.165, 1.54) is 0 Å². The molecule has 0 amide bonds. The fraction of sp³-hybridized carbons (Fsp3) is 0.526. The van der Waals surface area contributed by atoms with Gasteiger partial charge in [-0.15, -0.1) is 0 Å². The van der Waals surface area contributed by atoms with Crippen LogP contribution in [0.2, 0.25) is 5.02 Å². The zero-order valence-corrected chi connectivity index (χ0v) is 15.2. The number of halogens is 1. The Morgan fingerprint density at radius 2 is 2.20 bits per heavy atom. The molecule has 1 atom stereocenters. The number of ether oxygens (including phenoxy) is 1. The molecule has 2 heterocycles. The molecular formula is C19H26ClN3O2. The molecule has 0 bridgehead atoms. The van der Waals surface area contributed by atoms with Crippen LogP contribution in [0, 0.1) is 0 Å². The van der Waals surface area contributed by atoms with Gasteiger partial charge in [0, 0.05) is 42.6 Å². The zero-order chi connectivity index (χ0) is 17.5. The molecule has 136 valence electrons. The molecule has 3 rings (SSSR count). The number of nitrogens with zero attached hydrogens (tertiary/aromatic N) is 3. The van der Waals surface area contributed by atoms with Crippen molar-refractivity contribution in [2.75, 3.05) is 19.7 Å². The predicted octanol–water partition coefficient (Wildman–Crippen LogP) is 3.35. The summed E-state index contributed by atoms with van der Waals surface area (Å²) in [5, 5.41) is 10.5. The Labute approximate surface area is 154 Å². The maximum absolute atomic E-state index is 9.81. The summed E-state index contributed by atoms with van der Waals surface area (Å²) in [6.07, 6.45) is 9.09. The van der Waals surface area contributed by atoms with Gasteiger partial charge in [-0.25, -0.2) is 4.98 Å². The average molecular weight is 364 g/mol. The normalized spacial score (nSPS) is 18.9. The fourth-order valence-electron chi connectivity index (χ4n) is 3.20. The first-order chi connectivity index (χ1) is 12.2. The van der Waals surface area contributed by atoms with Crippen molar-refractivity contribution in [2.24, 2.45) is 0 Å². The third-order valence-electron chi connectivity index (χ3n) is 4.58. The highest BCUT2D eigenvalue weighted by molar-refractivity contribution is 6.30. The molecule has 0 unspecified atom stereocenters. The minimum absolute atomic E-state index is 0.164. The Bertz CT molecular complexity index is 648. The van der Waals surface area contributed by atoms with Gasteiger partial charge in [-0.1, -0.05) is 11.6 Å². The van der Waals surface area contributed by atoms with Gasteiger partial charge in [-0.05, 0) is 50.4 Å². The maximum atomic E-state index is 9.81. The van der Waals surface area contributed by atoms with Crippen LogP contribution in [0.3, 0.4) is 0 Å². The van der Waals surface area contributed by atoms with Gasteiger partial charge in [0.1, 0.15) is 5.75 Å². The molecular weight excluding hydrogens is 338 g/mol. The Morgan fingerprint density at radius 1 is 1.28 bits per heavy atom. The molecule has 2 aromatic rings. The third kappa shape index (κ3) is 5.73. The van der Waals surface area contributed by atoms with Gasteiger partial charge in [0.05, 0.1) is 19.0 Å². The van der Waals surface area contributed by atoms with Gasteiger partial charge in [-0.3, -0.25) is 4.90 Å². The summed E-state index contributed by atoms with van der Waals surface area (Å²) in [6, 6.07) is 5.83. The Kier molecular flexibility index (Phi) is 6.73. The lowest BCUT2D eigenvalue weighted by Gasteiger charge is -2.22. The topological polar surface area (TPSA) is 50.5 Å². The summed E-state index contributed by atoms with van der Waals surface area (Å²) < 4.78 is 8.07. The summed E-state index contributed by atoms with van der Waals surface area (Å²) in [5.74, 6) is 0.903. The van der Waals surface area contributed by atoms with Crippen LogP contribution in [-0.4, -0.2) is 45.4 Å². The quantitative estimate of drug-likeness (QED) is 0.766. The van der Waals surface area contributed by atoms with Gasteiger partial charge in [-0.2, -0.15) is 0 Å². The standard InChI is InChI=1S/C19H26ClN3O2/c20-17-4-5-19(25-12-2-9-23-11-7-21-15-23)16(13-17)14-22-8-1-3-18(24)6-10-22/h4-5,7,11,13,15,18,24H,1-3,6,8-10,12,14H2/t18-/m0/s1. The van der Waals surface area contributed by atoms with E-state index in [0.29, 0.717) is 6.61 Å². The van der Waals surface area contributed by atoms with Crippen LogP contribution in [0.5, 0.6) is 5.75 Å². The number of likely N-dealkylation sites (tertiary alicyclic amines) is 1. The van der Waals surface area contributed by atoms with Gasteiger partial charge < -0.3 is 14.4 Å². The molecule has 1 saturated heterocycles. The molecule has 1 aromatic carbocycles. The maximum Gasteiger partial charge on any atom is 0.123 e. The molecule has 0 spiro atoms. The summed E-state index contributed by atoms with van der Waals surface area (Å²) in [7, 11) is 0. The number of aromatic nitrogens is 2. The highest BCUT2D eigenvalue weighted by atomic mass is 35.5. The van der Waals surface area contributed by atoms with Crippen molar-refractivity contribution in [3.05, 3.63) is 47.5 Å². The number of benzene rings is 1. The van der Waals surface area contributed by atoms with E-state index in [-0.39, 0.29) is 6.10 Å². The van der Waals surface area contributed by atoms with E-state index >= 15 is 0 Å². The SMILES string of the molecule is O[C@H]1CCCN(Cc2cc(Cl)ccc2OCCCn2ccnc2)CC1. The molecule has 25 heavy (non-hydrogen) atoms. The van der Waals surface area contributed by atoms with E-state index < -0.39 is 0 Å². The molecule has 5 nitrogen and oxygen atoms in total. The molecule has 6 heteroatoms. The second-order valence-corrected chi connectivity index (χ2v) is 7.05. The average Bonchev–Trinajstić information content (AvgIpc) is 3.03. The monoisotopic (exact) mass is 363 g/mol. The predicted molar refractivity (Wildman–Crippen MR) is 98.9 cm³/mol. The van der Waals surface area contributed by atoms with Crippen LogP contribution in [0.4, 0.5) is 0 Å². The lowest BCUT2D eigenvalue weighted by atomic mass is 10.1. The Balaban J connectivity index is 1.55. The van der Waals surface area contributed by atoms with E-state index in [4.69, 9.17) is 16.3 Å². The molecule has 1 aliphatic rings. The third-order valence-corrected chi connectivity index (χ3v) is 4.82. The molecule has 0 aliphatic carbocycles. The number of hydrogen-bond donors (Lipinski definition) is 1. The number of rotatable bonds is 7. The van der Waals surface area contributed by atoms with E-state index in [1.807, 2.05) is 30.7 Å². The molecule has 1 fully saturated rings. The van der Waals surface area contributed by atoms with Gasteiger partial charge in [0.2, 0.25) is 0 Å². The van der Waals surface area contributed by atoms with E-state index in [9.17, 15) is 5.11 Å². The lowest BCUT2D eigenvalue weighted by molar-refractivity contribution is 0.154. The van der Waals surface area contributed by atoms with Crippen molar-refractivity contribution in [2.45, 2.75) is 44.9 Å². The lowest BCUT2D eigenvalue weighted by Crippen LogP contribution is -2.25. The van der Waals surface area contributed by atoms with Gasteiger partial charge in [0.25, 0.3) is 0 Å². The fourth-order valence-corrected chi connectivity index (χ4v) is 3.39. The summed E-state index contributed by atoms with van der Waals surface area (Å²) in [6.45, 7) is 4.28. The van der Waals surface area contributed by atoms with Crippen LogP contribution in [0.25, 0.3) is 0 Å². The minimum atomic E-state index is -0.164. The number of imidazole rings is 1. The molecule has 0 radical (unpaired) electrons. The summed E-state index contributed by atoms with van der Waals surface area (Å²) in [5.41, 5.74) is 1.12. The number of aliphatic hydroxyl groups excluding tert-OH is 1. The van der Waals surface area contributed by atoms with Crippen LogP contribution < -0.4 is 4.74 Å². The molecule has 0 saturated carbocycles. The van der Waals surface area contributed by atoms with Crippen LogP contribution >= 0.6 is 11.6 Å². The number of aryl methyl sites for hydroxylation is 1. The Morgan fingerprint density at radius 3 is 3.04 bits per heavy atom. The number of aliphatic hydroxyl groups is 1. The van der Waals surface area contributed by atoms with Gasteiger partial charge in [0.15, 0.2) is 0 Å². The molecule has 1 N–H and O–H groups in total. The van der Waals surface area contributed by atoms with Crippen LogP contribution in [0.1, 0.15) is 31.2 Å². The smallest absolute Gasteiger partial charge is 0.123 e. The second kappa shape index (κ2) is 9.22.